The molecule has 0 amide bonds. The Balaban J connectivity index is 2.01. The van der Waals surface area contributed by atoms with E-state index in [1.165, 1.54) is 44.3 Å². The monoisotopic (exact) mass is 244 g/mol. The zero-order valence-corrected chi connectivity index (χ0v) is 11.6. The Kier molecular flexibility index (Phi) is 2.86. The summed E-state index contributed by atoms with van der Waals surface area (Å²) in [5, 5.41) is 0. The van der Waals surface area contributed by atoms with Gasteiger partial charge in [-0.2, -0.15) is 0 Å². The molecule has 2 N–H and O–H groups in total. The van der Waals surface area contributed by atoms with Crippen LogP contribution in [0.4, 0.5) is 5.69 Å². The number of aryl methyl sites for hydroxylation is 2. The first-order chi connectivity index (χ1) is 8.53. The Morgan fingerprint density at radius 2 is 1.67 bits per heavy atom. The van der Waals surface area contributed by atoms with Crippen molar-refractivity contribution < 1.29 is 0 Å². The summed E-state index contributed by atoms with van der Waals surface area (Å²) in [7, 11) is 0. The standard InChI is InChI=1S/C16H24N2/c1-16(2,17)11-12-9-13-5-3-7-18-8-4-6-14(10-12)15(13)18/h9-10H,3-8,11,17H2,1-2H3. The fourth-order valence-corrected chi connectivity index (χ4v) is 3.50. The number of nitrogens with two attached hydrogens (primary N) is 1. The van der Waals surface area contributed by atoms with E-state index in [4.69, 9.17) is 5.73 Å². The summed E-state index contributed by atoms with van der Waals surface area (Å²) >= 11 is 0. The first-order valence-corrected chi connectivity index (χ1v) is 7.21. The molecule has 2 aliphatic heterocycles. The SMILES string of the molecule is CC(C)(N)Cc1cc2c3c(c1)CCCN3CCC2. The molecule has 0 radical (unpaired) electrons. The summed E-state index contributed by atoms with van der Waals surface area (Å²) in [5.41, 5.74) is 12.2. The van der Waals surface area contributed by atoms with E-state index in [0.717, 1.165) is 6.42 Å². The molecular weight excluding hydrogens is 220 g/mol. The van der Waals surface area contributed by atoms with Crippen LogP contribution in [0, 0.1) is 0 Å². The highest BCUT2D eigenvalue weighted by molar-refractivity contribution is 5.64. The molecule has 2 heterocycles. The van der Waals surface area contributed by atoms with E-state index >= 15 is 0 Å². The van der Waals surface area contributed by atoms with Crippen LogP contribution in [0.1, 0.15) is 43.4 Å². The second-order valence-corrected chi connectivity index (χ2v) is 6.62. The minimum atomic E-state index is -0.107. The van der Waals surface area contributed by atoms with E-state index in [0.29, 0.717) is 0 Å². The third-order valence-corrected chi connectivity index (χ3v) is 4.05. The van der Waals surface area contributed by atoms with Crippen LogP contribution in [0.5, 0.6) is 0 Å². The maximum atomic E-state index is 6.17. The van der Waals surface area contributed by atoms with Gasteiger partial charge >= 0.3 is 0 Å². The lowest BCUT2D eigenvalue weighted by Crippen LogP contribution is -2.36. The lowest BCUT2D eigenvalue weighted by Gasteiger charge is -2.37. The molecule has 18 heavy (non-hydrogen) atoms. The van der Waals surface area contributed by atoms with E-state index in [1.54, 1.807) is 16.8 Å². The number of nitrogens with zero attached hydrogens (tertiary/aromatic N) is 1. The third kappa shape index (κ3) is 2.26. The number of hydrogen-bond acceptors (Lipinski definition) is 2. The lowest BCUT2D eigenvalue weighted by molar-refractivity contribution is 0.515. The predicted octanol–water partition coefficient (Wildman–Crippen LogP) is 2.67. The number of anilines is 1. The van der Waals surface area contributed by atoms with Gasteiger partial charge in [0.2, 0.25) is 0 Å². The van der Waals surface area contributed by atoms with Crippen molar-refractivity contribution in [3.63, 3.8) is 0 Å². The van der Waals surface area contributed by atoms with Gasteiger partial charge in [-0.05, 0) is 62.6 Å². The molecule has 0 bridgehead atoms. The molecular formula is C16H24N2. The highest BCUT2D eigenvalue weighted by Crippen LogP contribution is 2.36. The van der Waals surface area contributed by atoms with Gasteiger partial charge < -0.3 is 10.6 Å². The van der Waals surface area contributed by atoms with Crippen molar-refractivity contribution >= 4 is 5.69 Å². The molecule has 2 heteroatoms. The van der Waals surface area contributed by atoms with Crippen molar-refractivity contribution in [3.8, 4) is 0 Å². The second-order valence-electron chi connectivity index (χ2n) is 6.62. The molecule has 0 atom stereocenters. The van der Waals surface area contributed by atoms with Crippen molar-refractivity contribution in [3.05, 3.63) is 28.8 Å². The molecule has 0 unspecified atom stereocenters. The largest absolute Gasteiger partial charge is 0.371 e. The Bertz CT molecular complexity index is 426. The molecule has 3 rings (SSSR count). The van der Waals surface area contributed by atoms with Gasteiger partial charge in [0.15, 0.2) is 0 Å². The summed E-state index contributed by atoms with van der Waals surface area (Å²) in [5.74, 6) is 0. The topological polar surface area (TPSA) is 29.3 Å². The summed E-state index contributed by atoms with van der Waals surface area (Å²) in [6.07, 6.45) is 6.09. The van der Waals surface area contributed by atoms with Crippen LogP contribution < -0.4 is 10.6 Å². The molecule has 0 saturated carbocycles. The molecule has 1 aromatic carbocycles. The summed E-state index contributed by atoms with van der Waals surface area (Å²) < 4.78 is 0. The Morgan fingerprint density at radius 1 is 1.11 bits per heavy atom. The van der Waals surface area contributed by atoms with Crippen LogP contribution in [-0.4, -0.2) is 18.6 Å². The maximum absolute atomic E-state index is 6.17. The van der Waals surface area contributed by atoms with Gasteiger partial charge in [0.05, 0.1) is 0 Å². The summed E-state index contributed by atoms with van der Waals surface area (Å²) in [6, 6.07) is 4.82. The Hall–Kier alpha value is -1.02. The zero-order valence-electron chi connectivity index (χ0n) is 11.6. The van der Waals surface area contributed by atoms with E-state index in [2.05, 4.69) is 30.9 Å². The van der Waals surface area contributed by atoms with Crippen LogP contribution in [0.2, 0.25) is 0 Å². The van der Waals surface area contributed by atoms with Crippen molar-refractivity contribution in [1.29, 1.82) is 0 Å². The van der Waals surface area contributed by atoms with Crippen LogP contribution in [-0.2, 0) is 19.3 Å². The molecule has 0 aromatic heterocycles. The van der Waals surface area contributed by atoms with Gasteiger partial charge in [-0.1, -0.05) is 12.1 Å². The van der Waals surface area contributed by atoms with Gasteiger partial charge in [0, 0.05) is 24.3 Å². The number of rotatable bonds is 2. The normalized spacial score (nSPS) is 18.7. The van der Waals surface area contributed by atoms with Crippen LogP contribution >= 0.6 is 0 Å². The van der Waals surface area contributed by atoms with Crippen molar-refractivity contribution in [2.45, 2.75) is 51.5 Å². The van der Waals surface area contributed by atoms with Crippen molar-refractivity contribution in [1.82, 2.24) is 0 Å². The molecule has 0 saturated heterocycles. The van der Waals surface area contributed by atoms with E-state index in [1.807, 2.05) is 0 Å². The van der Waals surface area contributed by atoms with E-state index < -0.39 is 0 Å². The quantitative estimate of drug-likeness (QED) is 0.866. The van der Waals surface area contributed by atoms with Gasteiger partial charge in [0.25, 0.3) is 0 Å². The van der Waals surface area contributed by atoms with Gasteiger partial charge in [-0.25, -0.2) is 0 Å². The zero-order chi connectivity index (χ0) is 12.8. The molecule has 1 aromatic rings. The summed E-state index contributed by atoms with van der Waals surface area (Å²) in [6.45, 7) is 6.73. The fraction of sp³-hybridized carbons (Fsp3) is 0.625. The first kappa shape index (κ1) is 12.0. The highest BCUT2D eigenvalue weighted by atomic mass is 15.1. The van der Waals surface area contributed by atoms with Crippen molar-refractivity contribution in [2.75, 3.05) is 18.0 Å². The number of hydrogen-bond donors (Lipinski definition) is 1. The Labute approximate surface area is 110 Å². The molecule has 2 aliphatic rings. The average molecular weight is 244 g/mol. The van der Waals surface area contributed by atoms with Crippen LogP contribution in [0.15, 0.2) is 12.1 Å². The molecule has 98 valence electrons. The highest BCUT2D eigenvalue weighted by Gasteiger charge is 2.24. The lowest BCUT2D eigenvalue weighted by atomic mass is 9.87. The van der Waals surface area contributed by atoms with Gasteiger partial charge in [-0.15, -0.1) is 0 Å². The minimum Gasteiger partial charge on any atom is -0.371 e. The van der Waals surface area contributed by atoms with Crippen molar-refractivity contribution in [2.24, 2.45) is 5.73 Å². The summed E-state index contributed by atoms with van der Waals surface area (Å²) in [4.78, 5) is 2.59. The molecule has 0 spiro atoms. The smallest absolute Gasteiger partial charge is 0.0431 e. The Morgan fingerprint density at radius 3 is 2.17 bits per heavy atom. The van der Waals surface area contributed by atoms with E-state index in [9.17, 15) is 0 Å². The predicted molar refractivity (Wildman–Crippen MR) is 77.3 cm³/mol. The van der Waals surface area contributed by atoms with Gasteiger partial charge in [0.1, 0.15) is 0 Å². The maximum Gasteiger partial charge on any atom is 0.0431 e. The van der Waals surface area contributed by atoms with Crippen LogP contribution in [0.25, 0.3) is 0 Å². The van der Waals surface area contributed by atoms with Crippen LogP contribution in [0.3, 0.4) is 0 Å². The minimum absolute atomic E-state index is 0.107. The first-order valence-electron chi connectivity index (χ1n) is 7.21. The molecule has 0 fully saturated rings. The second kappa shape index (κ2) is 4.27. The third-order valence-electron chi connectivity index (χ3n) is 4.05. The number of benzene rings is 1. The molecule has 0 aliphatic carbocycles. The average Bonchev–Trinajstić information content (AvgIpc) is 2.27. The van der Waals surface area contributed by atoms with E-state index in [-0.39, 0.29) is 5.54 Å². The fourth-order valence-electron chi connectivity index (χ4n) is 3.50. The molecule has 2 nitrogen and oxygen atoms in total. The van der Waals surface area contributed by atoms with Gasteiger partial charge in [-0.3, -0.25) is 0 Å².